The minimum Gasteiger partial charge on any atom is -0.361 e. The van der Waals surface area contributed by atoms with Crippen molar-refractivity contribution in [3.05, 3.63) is 58.1 Å². The monoisotopic (exact) mass is 269 g/mol. The molecule has 0 radical (unpaired) electrons. The maximum atomic E-state index is 12.7. The van der Waals surface area contributed by atoms with Crippen molar-refractivity contribution in [3.8, 4) is 0 Å². The third-order valence-corrected chi connectivity index (χ3v) is 2.48. The van der Waals surface area contributed by atoms with Crippen LogP contribution in [0.15, 0.2) is 41.5 Å². The van der Waals surface area contributed by atoms with Gasteiger partial charge < -0.3 is 10.3 Å². The van der Waals surface area contributed by atoms with Crippen molar-refractivity contribution >= 4 is 5.82 Å². The molecular formula is C12H10F3N3O. The van der Waals surface area contributed by atoms with E-state index in [-0.39, 0.29) is 17.9 Å². The Kier molecular flexibility index (Phi) is 3.55. The molecule has 0 aliphatic rings. The molecule has 0 saturated carbocycles. The first-order chi connectivity index (χ1) is 8.98. The van der Waals surface area contributed by atoms with E-state index in [2.05, 4.69) is 15.3 Å². The summed E-state index contributed by atoms with van der Waals surface area (Å²) in [6.45, 7) is -0.129. The van der Waals surface area contributed by atoms with E-state index < -0.39 is 17.3 Å². The number of rotatable bonds is 3. The zero-order valence-electron chi connectivity index (χ0n) is 9.66. The van der Waals surface area contributed by atoms with Crippen molar-refractivity contribution in [2.45, 2.75) is 12.7 Å². The Balaban J connectivity index is 2.21. The van der Waals surface area contributed by atoms with Gasteiger partial charge in [-0.25, -0.2) is 4.98 Å². The van der Waals surface area contributed by atoms with Gasteiger partial charge >= 0.3 is 6.18 Å². The second-order valence-corrected chi connectivity index (χ2v) is 3.78. The van der Waals surface area contributed by atoms with Crippen LogP contribution in [0.1, 0.15) is 11.1 Å². The number of benzene rings is 1. The van der Waals surface area contributed by atoms with Crippen LogP contribution in [0.4, 0.5) is 19.0 Å². The number of alkyl halides is 3. The van der Waals surface area contributed by atoms with E-state index in [1.807, 2.05) is 0 Å². The third kappa shape index (κ3) is 3.12. The number of halogens is 3. The summed E-state index contributed by atoms with van der Waals surface area (Å²) in [7, 11) is 0. The molecule has 2 N–H and O–H groups in total. The van der Waals surface area contributed by atoms with E-state index in [0.717, 1.165) is 6.07 Å². The van der Waals surface area contributed by atoms with Gasteiger partial charge in [-0.3, -0.25) is 4.79 Å². The molecule has 2 aromatic rings. The van der Waals surface area contributed by atoms with Gasteiger partial charge in [-0.2, -0.15) is 13.2 Å². The smallest absolute Gasteiger partial charge is 0.361 e. The zero-order valence-corrected chi connectivity index (χ0v) is 9.66. The van der Waals surface area contributed by atoms with Crippen LogP contribution < -0.4 is 10.9 Å². The van der Waals surface area contributed by atoms with Gasteiger partial charge in [0.15, 0.2) is 5.82 Å². The van der Waals surface area contributed by atoms with Crippen LogP contribution in [0.5, 0.6) is 0 Å². The van der Waals surface area contributed by atoms with Crippen molar-refractivity contribution < 1.29 is 13.2 Å². The van der Waals surface area contributed by atoms with E-state index in [0.29, 0.717) is 0 Å². The van der Waals surface area contributed by atoms with E-state index in [1.165, 1.54) is 30.6 Å². The van der Waals surface area contributed by atoms with Crippen LogP contribution in [0, 0.1) is 0 Å². The van der Waals surface area contributed by atoms with Gasteiger partial charge in [0.05, 0.1) is 5.56 Å². The average molecular weight is 269 g/mol. The number of H-pyrrole nitrogens is 1. The highest BCUT2D eigenvalue weighted by Gasteiger charge is 2.32. The third-order valence-electron chi connectivity index (χ3n) is 2.48. The molecule has 0 aliphatic carbocycles. The highest BCUT2D eigenvalue weighted by atomic mass is 19.4. The summed E-state index contributed by atoms with van der Waals surface area (Å²) >= 11 is 0. The maximum absolute atomic E-state index is 12.7. The molecule has 0 amide bonds. The molecule has 0 spiro atoms. The van der Waals surface area contributed by atoms with Crippen molar-refractivity contribution in [2.75, 3.05) is 5.32 Å². The normalized spacial score (nSPS) is 11.3. The van der Waals surface area contributed by atoms with Gasteiger partial charge in [0, 0.05) is 18.9 Å². The molecule has 0 fully saturated rings. The molecule has 0 bridgehead atoms. The van der Waals surface area contributed by atoms with E-state index in [9.17, 15) is 18.0 Å². The Hall–Kier alpha value is -2.31. The van der Waals surface area contributed by atoms with Gasteiger partial charge in [0.1, 0.15) is 0 Å². The summed E-state index contributed by atoms with van der Waals surface area (Å²) in [6.07, 6.45) is -1.73. The SMILES string of the molecule is O=c1[nH]ccnc1NCc1ccccc1C(F)(F)F. The van der Waals surface area contributed by atoms with Gasteiger partial charge in [0.2, 0.25) is 0 Å². The molecule has 0 aliphatic heterocycles. The summed E-state index contributed by atoms with van der Waals surface area (Å²) in [5, 5.41) is 2.59. The number of hydrogen-bond donors (Lipinski definition) is 2. The van der Waals surface area contributed by atoms with Crippen molar-refractivity contribution in [3.63, 3.8) is 0 Å². The first-order valence-corrected chi connectivity index (χ1v) is 5.41. The maximum Gasteiger partial charge on any atom is 0.416 e. The Bertz CT molecular complexity index is 622. The van der Waals surface area contributed by atoms with Crippen molar-refractivity contribution in [1.82, 2.24) is 9.97 Å². The fourth-order valence-corrected chi connectivity index (χ4v) is 1.61. The van der Waals surface area contributed by atoms with Crippen LogP contribution in [-0.2, 0) is 12.7 Å². The van der Waals surface area contributed by atoms with Crippen LogP contribution >= 0.6 is 0 Å². The molecule has 7 heteroatoms. The van der Waals surface area contributed by atoms with E-state index in [4.69, 9.17) is 0 Å². The summed E-state index contributed by atoms with van der Waals surface area (Å²) in [5.74, 6) is -0.0144. The number of nitrogens with one attached hydrogen (secondary N) is 2. The fourth-order valence-electron chi connectivity index (χ4n) is 1.61. The number of aromatic amines is 1. The largest absolute Gasteiger partial charge is 0.416 e. The van der Waals surface area contributed by atoms with Gasteiger partial charge in [-0.1, -0.05) is 18.2 Å². The van der Waals surface area contributed by atoms with E-state index in [1.54, 1.807) is 0 Å². The minimum atomic E-state index is -4.42. The molecule has 2 rings (SSSR count). The lowest BCUT2D eigenvalue weighted by molar-refractivity contribution is -0.138. The quantitative estimate of drug-likeness (QED) is 0.899. The Morgan fingerprint density at radius 1 is 1.26 bits per heavy atom. The Labute approximate surface area is 106 Å². The number of hydrogen-bond acceptors (Lipinski definition) is 3. The fraction of sp³-hybridized carbons (Fsp3) is 0.167. The standard InChI is InChI=1S/C12H10F3N3O/c13-12(14,15)9-4-2-1-3-8(9)7-18-10-11(19)17-6-5-16-10/h1-6H,7H2,(H,16,18)(H,17,19). The lowest BCUT2D eigenvalue weighted by Gasteiger charge is -2.13. The number of nitrogens with zero attached hydrogens (tertiary/aromatic N) is 1. The van der Waals surface area contributed by atoms with Gasteiger partial charge in [-0.15, -0.1) is 0 Å². The highest BCUT2D eigenvalue weighted by molar-refractivity contribution is 5.36. The van der Waals surface area contributed by atoms with E-state index >= 15 is 0 Å². The lowest BCUT2D eigenvalue weighted by Crippen LogP contribution is -2.17. The molecular weight excluding hydrogens is 259 g/mol. The van der Waals surface area contributed by atoms with Gasteiger partial charge in [-0.05, 0) is 11.6 Å². The molecule has 1 aromatic carbocycles. The first-order valence-electron chi connectivity index (χ1n) is 5.41. The first kappa shape index (κ1) is 13.1. The molecule has 1 aromatic heterocycles. The van der Waals surface area contributed by atoms with Crippen molar-refractivity contribution in [2.24, 2.45) is 0 Å². The second kappa shape index (κ2) is 5.13. The van der Waals surface area contributed by atoms with Crippen LogP contribution in [0.3, 0.4) is 0 Å². The van der Waals surface area contributed by atoms with Crippen LogP contribution in [-0.4, -0.2) is 9.97 Å². The topological polar surface area (TPSA) is 57.8 Å². The molecule has 0 unspecified atom stereocenters. The highest BCUT2D eigenvalue weighted by Crippen LogP contribution is 2.31. The predicted octanol–water partition coefficient (Wildman–Crippen LogP) is 2.40. The molecule has 0 atom stereocenters. The van der Waals surface area contributed by atoms with Crippen LogP contribution in [0.2, 0.25) is 0 Å². The zero-order chi connectivity index (χ0) is 13.9. The second-order valence-electron chi connectivity index (χ2n) is 3.78. The van der Waals surface area contributed by atoms with Gasteiger partial charge in [0.25, 0.3) is 5.56 Å². The molecule has 1 heterocycles. The molecule has 4 nitrogen and oxygen atoms in total. The molecule has 19 heavy (non-hydrogen) atoms. The summed E-state index contributed by atoms with van der Waals surface area (Å²) in [6, 6.07) is 5.18. The Morgan fingerprint density at radius 2 is 2.00 bits per heavy atom. The number of anilines is 1. The predicted molar refractivity (Wildman–Crippen MR) is 63.6 cm³/mol. The minimum absolute atomic E-state index is 0.0144. The number of aromatic nitrogens is 2. The Morgan fingerprint density at radius 3 is 2.68 bits per heavy atom. The molecule has 100 valence electrons. The summed E-state index contributed by atoms with van der Waals surface area (Å²) in [4.78, 5) is 17.4. The summed E-state index contributed by atoms with van der Waals surface area (Å²) < 4.78 is 38.2. The lowest BCUT2D eigenvalue weighted by atomic mass is 10.1. The van der Waals surface area contributed by atoms with Crippen LogP contribution in [0.25, 0.3) is 0 Å². The van der Waals surface area contributed by atoms with Crippen molar-refractivity contribution in [1.29, 1.82) is 0 Å². The summed E-state index contributed by atoms with van der Waals surface area (Å²) in [5.41, 5.74) is -1.15. The average Bonchev–Trinajstić information content (AvgIpc) is 2.37. The molecule has 0 saturated heterocycles.